The van der Waals surface area contributed by atoms with Gasteiger partial charge in [-0.1, -0.05) is 76.1 Å². The van der Waals surface area contributed by atoms with Gasteiger partial charge in [0.15, 0.2) is 0 Å². The second kappa shape index (κ2) is 10.9. The Morgan fingerprint density at radius 3 is 2.38 bits per heavy atom. The normalized spacial score (nSPS) is 10.4. The van der Waals surface area contributed by atoms with Crippen LogP contribution in [0.25, 0.3) is 0 Å². The summed E-state index contributed by atoms with van der Waals surface area (Å²) < 4.78 is 6.60. The number of amides is 2. The predicted molar refractivity (Wildman–Crippen MR) is 122 cm³/mol. The molecule has 0 saturated heterocycles. The van der Waals surface area contributed by atoms with E-state index in [1.54, 1.807) is 11.0 Å². The fraction of sp³-hybridized carbons (Fsp3) is 0.174. The van der Waals surface area contributed by atoms with Crippen molar-refractivity contribution in [1.29, 1.82) is 0 Å². The van der Waals surface area contributed by atoms with Crippen molar-refractivity contribution in [3.63, 3.8) is 0 Å². The second-order valence-corrected chi connectivity index (χ2v) is 7.74. The van der Waals surface area contributed by atoms with Gasteiger partial charge in [0.1, 0.15) is 5.75 Å². The molecule has 4 nitrogen and oxygen atoms in total. The maximum atomic E-state index is 12.8. The van der Waals surface area contributed by atoms with E-state index < -0.39 is 0 Å². The number of benzene rings is 3. The molecule has 2 amide bonds. The van der Waals surface area contributed by atoms with Gasteiger partial charge in [-0.25, -0.2) is 4.79 Å². The molecule has 0 aliphatic carbocycles. The van der Waals surface area contributed by atoms with Crippen LogP contribution in [0.2, 0.25) is 5.02 Å². The van der Waals surface area contributed by atoms with Crippen LogP contribution in [0.3, 0.4) is 0 Å². The minimum Gasteiger partial charge on any atom is -0.492 e. The molecular weight excluding hydrogens is 452 g/mol. The third kappa shape index (κ3) is 6.51. The Hall–Kier alpha value is -2.50. The first-order valence-corrected chi connectivity index (χ1v) is 10.5. The SMILES string of the molecule is O=C(NCCCOc1ccc(Br)cc1Cl)N(Cc1ccccc1)c1ccccc1. The van der Waals surface area contributed by atoms with Crippen molar-refractivity contribution < 1.29 is 9.53 Å². The van der Waals surface area contributed by atoms with E-state index >= 15 is 0 Å². The van der Waals surface area contributed by atoms with E-state index in [2.05, 4.69) is 21.2 Å². The highest BCUT2D eigenvalue weighted by molar-refractivity contribution is 9.10. The molecule has 0 saturated carbocycles. The van der Waals surface area contributed by atoms with Crippen LogP contribution < -0.4 is 15.0 Å². The summed E-state index contributed by atoms with van der Waals surface area (Å²) in [4.78, 5) is 14.6. The number of nitrogens with one attached hydrogen (secondary N) is 1. The monoisotopic (exact) mass is 472 g/mol. The molecule has 0 heterocycles. The van der Waals surface area contributed by atoms with Crippen LogP contribution in [-0.2, 0) is 6.54 Å². The number of nitrogens with zero attached hydrogens (tertiary/aromatic N) is 1. The summed E-state index contributed by atoms with van der Waals surface area (Å²) in [5.74, 6) is 0.635. The van der Waals surface area contributed by atoms with E-state index in [-0.39, 0.29) is 6.03 Å². The molecule has 0 spiro atoms. The van der Waals surface area contributed by atoms with Crippen molar-refractivity contribution in [1.82, 2.24) is 5.32 Å². The van der Waals surface area contributed by atoms with E-state index in [4.69, 9.17) is 16.3 Å². The minimum absolute atomic E-state index is 0.137. The average molecular weight is 474 g/mol. The number of rotatable bonds is 8. The molecule has 0 fully saturated rings. The zero-order chi connectivity index (χ0) is 20.5. The van der Waals surface area contributed by atoms with Crippen LogP contribution in [-0.4, -0.2) is 19.2 Å². The fourth-order valence-electron chi connectivity index (χ4n) is 2.79. The molecule has 0 bridgehead atoms. The van der Waals surface area contributed by atoms with E-state index in [0.29, 0.717) is 36.9 Å². The van der Waals surface area contributed by atoms with Crippen molar-refractivity contribution in [2.45, 2.75) is 13.0 Å². The lowest BCUT2D eigenvalue weighted by atomic mass is 10.2. The number of hydrogen-bond donors (Lipinski definition) is 1. The number of ether oxygens (including phenoxy) is 1. The molecule has 150 valence electrons. The van der Waals surface area contributed by atoms with Crippen molar-refractivity contribution in [3.05, 3.63) is 93.9 Å². The van der Waals surface area contributed by atoms with Crippen LogP contribution >= 0.6 is 27.5 Å². The van der Waals surface area contributed by atoms with E-state index in [0.717, 1.165) is 15.7 Å². The van der Waals surface area contributed by atoms with Crippen molar-refractivity contribution >= 4 is 39.2 Å². The zero-order valence-electron chi connectivity index (χ0n) is 15.9. The summed E-state index contributed by atoms with van der Waals surface area (Å²) in [5.41, 5.74) is 1.92. The average Bonchev–Trinajstić information content (AvgIpc) is 2.74. The van der Waals surface area contributed by atoms with Gasteiger partial charge in [0.2, 0.25) is 0 Å². The maximum absolute atomic E-state index is 12.8. The van der Waals surface area contributed by atoms with Crippen LogP contribution in [0.4, 0.5) is 10.5 Å². The van der Waals surface area contributed by atoms with Gasteiger partial charge in [-0.05, 0) is 42.3 Å². The summed E-state index contributed by atoms with van der Waals surface area (Å²) in [5, 5.41) is 3.53. The van der Waals surface area contributed by atoms with Gasteiger partial charge in [0.05, 0.1) is 18.2 Å². The number of urea groups is 1. The van der Waals surface area contributed by atoms with Gasteiger partial charge in [0.25, 0.3) is 0 Å². The van der Waals surface area contributed by atoms with Crippen LogP contribution in [0.1, 0.15) is 12.0 Å². The first-order chi connectivity index (χ1) is 14.1. The molecule has 0 aliphatic rings. The summed E-state index contributed by atoms with van der Waals surface area (Å²) in [7, 11) is 0. The Bertz CT molecular complexity index is 923. The quantitative estimate of drug-likeness (QED) is 0.391. The van der Waals surface area contributed by atoms with Crippen molar-refractivity contribution in [2.24, 2.45) is 0 Å². The molecule has 3 aromatic carbocycles. The summed E-state index contributed by atoms with van der Waals surface area (Å²) in [6.45, 7) is 1.47. The highest BCUT2D eigenvalue weighted by atomic mass is 79.9. The molecule has 0 atom stereocenters. The smallest absolute Gasteiger partial charge is 0.322 e. The third-order valence-electron chi connectivity index (χ3n) is 4.25. The topological polar surface area (TPSA) is 41.6 Å². The fourth-order valence-corrected chi connectivity index (χ4v) is 3.52. The first-order valence-electron chi connectivity index (χ1n) is 9.35. The Balaban J connectivity index is 1.53. The van der Waals surface area contributed by atoms with Crippen LogP contribution in [0.15, 0.2) is 83.3 Å². The number of carbonyl (C=O) groups is 1. The molecular formula is C23H22BrClN2O2. The summed E-state index contributed by atoms with van der Waals surface area (Å²) in [6, 6.07) is 24.9. The molecule has 6 heteroatoms. The van der Waals surface area contributed by atoms with Crippen molar-refractivity contribution in [3.8, 4) is 5.75 Å². The van der Waals surface area contributed by atoms with Gasteiger partial charge in [-0.3, -0.25) is 4.90 Å². The Morgan fingerprint density at radius 1 is 1.00 bits per heavy atom. The third-order valence-corrected chi connectivity index (χ3v) is 5.03. The van der Waals surface area contributed by atoms with Gasteiger partial charge < -0.3 is 10.1 Å². The van der Waals surface area contributed by atoms with Gasteiger partial charge in [-0.2, -0.15) is 0 Å². The van der Waals surface area contributed by atoms with E-state index in [1.807, 2.05) is 72.8 Å². The molecule has 0 unspecified atom stereocenters. The Kier molecular flexibility index (Phi) is 7.96. The summed E-state index contributed by atoms with van der Waals surface area (Å²) in [6.07, 6.45) is 0.673. The van der Waals surface area contributed by atoms with Gasteiger partial charge in [0, 0.05) is 16.7 Å². The minimum atomic E-state index is -0.137. The lowest BCUT2D eigenvalue weighted by Crippen LogP contribution is -2.40. The molecule has 1 N–H and O–H groups in total. The zero-order valence-corrected chi connectivity index (χ0v) is 18.2. The molecule has 0 aliphatic heterocycles. The number of carbonyl (C=O) groups excluding carboxylic acids is 1. The number of halogens is 2. The lowest BCUT2D eigenvalue weighted by Gasteiger charge is -2.23. The number of hydrogen-bond acceptors (Lipinski definition) is 2. The largest absolute Gasteiger partial charge is 0.492 e. The maximum Gasteiger partial charge on any atom is 0.322 e. The molecule has 29 heavy (non-hydrogen) atoms. The lowest BCUT2D eigenvalue weighted by molar-refractivity contribution is 0.244. The standard InChI is InChI=1S/C23H22BrClN2O2/c24-19-12-13-22(21(25)16-19)29-15-7-14-26-23(28)27(20-10-5-2-6-11-20)17-18-8-3-1-4-9-18/h1-6,8-13,16H,7,14-15,17H2,(H,26,28). The van der Waals surface area contributed by atoms with Crippen molar-refractivity contribution in [2.75, 3.05) is 18.1 Å². The van der Waals surface area contributed by atoms with Crippen LogP contribution in [0, 0.1) is 0 Å². The van der Waals surface area contributed by atoms with E-state index in [1.165, 1.54) is 0 Å². The molecule has 0 radical (unpaired) electrons. The van der Waals surface area contributed by atoms with Gasteiger partial charge >= 0.3 is 6.03 Å². The van der Waals surface area contributed by atoms with Crippen LogP contribution in [0.5, 0.6) is 5.75 Å². The highest BCUT2D eigenvalue weighted by Crippen LogP contribution is 2.27. The Morgan fingerprint density at radius 2 is 1.69 bits per heavy atom. The first kappa shape index (κ1) is 21.2. The number of anilines is 1. The number of para-hydroxylation sites is 1. The van der Waals surface area contributed by atoms with Gasteiger partial charge in [-0.15, -0.1) is 0 Å². The molecule has 3 rings (SSSR count). The Labute approximate surface area is 184 Å². The second-order valence-electron chi connectivity index (χ2n) is 6.42. The molecule has 3 aromatic rings. The summed E-state index contributed by atoms with van der Waals surface area (Å²) >= 11 is 9.52. The molecule has 0 aromatic heterocycles. The highest BCUT2D eigenvalue weighted by Gasteiger charge is 2.15. The van der Waals surface area contributed by atoms with E-state index in [9.17, 15) is 4.79 Å². The predicted octanol–water partition coefficient (Wildman–Crippen LogP) is 6.29.